The third kappa shape index (κ3) is 2.68. The summed E-state index contributed by atoms with van der Waals surface area (Å²) in [5.41, 5.74) is 1.68. The highest BCUT2D eigenvalue weighted by molar-refractivity contribution is 7.89. The molecule has 0 bridgehead atoms. The minimum atomic E-state index is -3.49. The number of rotatable bonds is 3. The average molecular weight is 429 g/mol. The summed E-state index contributed by atoms with van der Waals surface area (Å²) >= 11 is 3.23. The van der Waals surface area contributed by atoms with Crippen LogP contribution >= 0.6 is 22.7 Å². The van der Waals surface area contributed by atoms with Crippen molar-refractivity contribution in [2.24, 2.45) is 0 Å². The molecule has 0 unspecified atom stereocenters. The number of hydrogen-bond donors (Lipinski definition) is 1. The molecular formula is C20H16N2O3S3. The van der Waals surface area contributed by atoms with Gasteiger partial charge < -0.3 is 4.90 Å². The van der Waals surface area contributed by atoms with Gasteiger partial charge in [0.25, 0.3) is 5.91 Å². The molecular weight excluding hydrogens is 412 g/mol. The van der Waals surface area contributed by atoms with Crippen LogP contribution in [0.25, 0.3) is 19.5 Å². The Morgan fingerprint density at radius 3 is 2.71 bits per heavy atom. The second-order valence-corrected chi connectivity index (χ2v) is 10.6. The van der Waals surface area contributed by atoms with E-state index in [1.807, 2.05) is 18.2 Å². The minimum Gasteiger partial charge on any atom is -0.307 e. The van der Waals surface area contributed by atoms with Gasteiger partial charge in [0.1, 0.15) is 0 Å². The van der Waals surface area contributed by atoms with Gasteiger partial charge in [0.2, 0.25) is 10.0 Å². The van der Waals surface area contributed by atoms with Crippen molar-refractivity contribution in [3.63, 3.8) is 0 Å². The summed E-state index contributed by atoms with van der Waals surface area (Å²) in [5.74, 6) is -0.0274. The SMILES string of the molecule is CNS(=O)(=O)c1ccc2c(c1)CCN2C(=O)c1cc2sc3ccccc3c2s1. The van der Waals surface area contributed by atoms with Gasteiger partial charge in [0.05, 0.1) is 14.5 Å². The van der Waals surface area contributed by atoms with Crippen molar-refractivity contribution in [3.8, 4) is 0 Å². The van der Waals surface area contributed by atoms with Gasteiger partial charge >= 0.3 is 0 Å². The molecule has 2 aromatic carbocycles. The number of nitrogens with zero attached hydrogens (tertiary/aromatic N) is 1. The molecule has 2 aromatic heterocycles. The quantitative estimate of drug-likeness (QED) is 0.531. The van der Waals surface area contributed by atoms with Crippen LogP contribution in [0.2, 0.25) is 0 Å². The van der Waals surface area contributed by atoms with Crippen LogP contribution in [0.1, 0.15) is 15.2 Å². The summed E-state index contributed by atoms with van der Waals surface area (Å²) in [7, 11) is -2.10. The topological polar surface area (TPSA) is 66.5 Å². The van der Waals surface area contributed by atoms with Gasteiger partial charge in [-0.05, 0) is 49.4 Å². The molecule has 5 nitrogen and oxygen atoms in total. The van der Waals surface area contributed by atoms with Crippen LogP contribution in [0.3, 0.4) is 0 Å². The van der Waals surface area contributed by atoms with E-state index >= 15 is 0 Å². The minimum absolute atomic E-state index is 0.0274. The number of nitrogens with one attached hydrogen (secondary N) is 1. The molecule has 0 radical (unpaired) electrons. The molecule has 0 atom stereocenters. The van der Waals surface area contributed by atoms with Crippen LogP contribution in [-0.2, 0) is 16.4 Å². The Morgan fingerprint density at radius 2 is 1.89 bits per heavy atom. The van der Waals surface area contributed by atoms with Crippen molar-refractivity contribution >= 4 is 63.8 Å². The van der Waals surface area contributed by atoms with Crippen LogP contribution in [0.4, 0.5) is 5.69 Å². The van der Waals surface area contributed by atoms with E-state index in [4.69, 9.17) is 0 Å². The Balaban J connectivity index is 1.51. The number of hydrogen-bond acceptors (Lipinski definition) is 5. The Morgan fingerprint density at radius 1 is 1.07 bits per heavy atom. The maximum atomic E-state index is 13.2. The van der Waals surface area contributed by atoms with Crippen molar-refractivity contribution in [1.82, 2.24) is 4.72 Å². The highest BCUT2D eigenvalue weighted by Crippen LogP contribution is 2.40. The van der Waals surface area contributed by atoms with Crippen LogP contribution in [-0.4, -0.2) is 27.9 Å². The Kier molecular flexibility index (Phi) is 4.06. The van der Waals surface area contributed by atoms with Gasteiger partial charge in [-0.2, -0.15) is 0 Å². The number of sulfonamides is 1. The first-order chi connectivity index (χ1) is 13.5. The van der Waals surface area contributed by atoms with Crippen molar-refractivity contribution in [3.05, 3.63) is 59.0 Å². The van der Waals surface area contributed by atoms with Crippen LogP contribution in [0, 0.1) is 0 Å². The molecule has 0 aliphatic carbocycles. The third-order valence-electron chi connectivity index (χ3n) is 5.03. The number of thiophene rings is 2. The molecule has 1 aliphatic rings. The standard InChI is InChI=1S/C20H16N2O3S3/c1-21-28(24,25)13-6-7-15-12(10-13)8-9-22(15)20(23)18-11-17-19(27-18)14-4-2-3-5-16(14)26-17/h2-7,10-11,21H,8-9H2,1H3. The lowest BCUT2D eigenvalue weighted by atomic mass is 10.2. The molecule has 5 rings (SSSR count). The number of carbonyl (C=O) groups is 1. The zero-order valence-electron chi connectivity index (χ0n) is 14.9. The normalized spacial score (nSPS) is 14.1. The van der Waals surface area contributed by atoms with E-state index in [0.717, 1.165) is 20.7 Å². The monoisotopic (exact) mass is 428 g/mol. The summed E-state index contributed by atoms with van der Waals surface area (Å²) in [4.78, 5) is 15.9. The van der Waals surface area contributed by atoms with Crippen molar-refractivity contribution < 1.29 is 13.2 Å². The first-order valence-corrected chi connectivity index (χ1v) is 11.9. The number of fused-ring (bicyclic) bond motifs is 4. The third-order valence-corrected chi connectivity index (χ3v) is 8.85. The number of carbonyl (C=O) groups excluding carboxylic acids is 1. The maximum absolute atomic E-state index is 13.2. The molecule has 0 spiro atoms. The highest BCUT2D eigenvalue weighted by Gasteiger charge is 2.28. The van der Waals surface area contributed by atoms with E-state index in [2.05, 4.69) is 16.9 Å². The Hall–Kier alpha value is -2.26. The van der Waals surface area contributed by atoms with E-state index in [1.54, 1.807) is 34.4 Å². The predicted octanol–water partition coefficient (Wildman–Crippen LogP) is 4.23. The van der Waals surface area contributed by atoms with Crippen LogP contribution in [0.5, 0.6) is 0 Å². The molecule has 0 saturated heterocycles. The summed E-state index contributed by atoms with van der Waals surface area (Å²) in [6.45, 7) is 0.559. The van der Waals surface area contributed by atoms with Crippen LogP contribution < -0.4 is 9.62 Å². The van der Waals surface area contributed by atoms with Gasteiger partial charge in [0.15, 0.2) is 0 Å². The summed E-state index contributed by atoms with van der Waals surface area (Å²) in [6, 6.07) is 15.2. The highest BCUT2D eigenvalue weighted by atomic mass is 32.2. The fourth-order valence-electron chi connectivity index (χ4n) is 3.61. The summed E-state index contributed by atoms with van der Waals surface area (Å²) in [6.07, 6.45) is 0.650. The van der Waals surface area contributed by atoms with E-state index in [1.165, 1.54) is 28.5 Å². The molecule has 142 valence electrons. The lowest BCUT2D eigenvalue weighted by Crippen LogP contribution is -2.28. The van der Waals surface area contributed by atoms with Gasteiger partial charge in [-0.25, -0.2) is 13.1 Å². The van der Waals surface area contributed by atoms with Crippen molar-refractivity contribution in [1.29, 1.82) is 0 Å². The average Bonchev–Trinajstić information content (AvgIpc) is 3.39. The molecule has 0 saturated carbocycles. The fraction of sp³-hybridized carbons (Fsp3) is 0.150. The fourth-order valence-corrected chi connectivity index (χ4v) is 6.87. The molecule has 1 N–H and O–H groups in total. The van der Waals surface area contributed by atoms with E-state index in [9.17, 15) is 13.2 Å². The van der Waals surface area contributed by atoms with Gasteiger partial charge in [-0.1, -0.05) is 18.2 Å². The molecule has 1 amide bonds. The first-order valence-electron chi connectivity index (χ1n) is 8.77. The first kappa shape index (κ1) is 17.8. The zero-order chi connectivity index (χ0) is 19.5. The van der Waals surface area contributed by atoms with Gasteiger partial charge in [0, 0.05) is 27.0 Å². The van der Waals surface area contributed by atoms with Crippen molar-refractivity contribution in [2.45, 2.75) is 11.3 Å². The van der Waals surface area contributed by atoms with Gasteiger partial charge in [-0.3, -0.25) is 4.79 Å². The maximum Gasteiger partial charge on any atom is 0.268 e. The molecule has 4 aromatic rings. The largest absolute Gasteiger partial charge is 0.307 e. The lowest BCUT2D eigenvalue weighted by molar-refractivity contribution is 0.0993. The van der Waals surface area contributed by atoms with Crippen molar-refractivity contribution in [2.75, 3.05) is 18.5 Å². The van der Waals surface area contributed by atoms with E-state index in [-0.39, 0.29) is 10.8 Å². The smallest absolute Gasteiger partial charge is 0.268 e. The van der Waals surface area contributed by atoms with E-state index < -0.39 is 10.0 Å². The second kappa shape index (κ2) is 6.38. The Labute approximate surface area is 170 Å². The number of benzene rings is 2. The molecule has 3 heterocycles. The predicted molar refractivity (Wildman–Crippen MR) is 115 cm³/mol. The van der Waals surface area contributed by atoms with E-state index in [0.29, 0.717) is 17.8 Å². The molecule has 1 aliphatic heterocycles. The second-order valence-electron chi connectivity index (χ2n) is 6.61. The zero-order valence-corrected chi connectivity index (χ0v) is 17.4. The van der Waals surface area contributed by atoms with Gasteiger partial charge in [-0.15, -0.1) is 22.7 Å². The summed E-state index contributed by atoms with van der Waals surface area (Å²) in [5, 5.41) is 1.19. The Bertz CT molecular complexity index is 1350. The summed E-state index contributed by atoms with van der Waals surface area (Å²) < 4.78 is 29.9. The number of amides is 1. The molecule has 0 fully saturated rings. The molecule has 8 heteroatoms. The lowest BCUT2D eigenvalue weighted by Gasteiger charge is -2.16. The molecule has 28 heavy (non-hydrogen) atoms. The van der Waals surface area contributed by atoms with Crippen LogP contribution in [0.15, 0.2) is 53.4 Å². The number of anilines is 1.